The molecule has 0 bridgehead atoms. The molecule has 1 rings (SSSR count). The third-order valence-electron chi connectivity index (χ3n) is 1.66. The molecule has 0 unspecified atom stereocenters. The van der Waals surface area contributed by atoms with Crippen LogP contribution in [-0.2, 0) is 17.8 Å². The minimum absolute atomic E-state index is 0.0518. The van der Waals surface area contributed by atoms with Crippen molar-refractivity contribution in [2.75, 3.05) is 0 Å². The zero-order valence-electron chi connectivity index (χ0n) is 7.16. The van der Waals surface area contributed by atoms with Crippen LogP contribution in [0.25, 0.3) is 0 Å². The van der Waals surface area contributed by atoms with Crippen LogP contribution in [0.2, 0.25) is 0 Å². The minimum atomic E-state index is -1.09. The van der Waals surface area contributed by atoms with Crippen molar-refractivity contribution in [1.29, 1.82) is 0 Å². The predicted octanol–water partition coefficient (Wildman–Crippen LogP) is -0.482. The molecule has 0 aliphatic rings. The first-order valence-electron chi connectivity index (χ1n) is 3.80. The molecular formula is C7H9N3O3S. The van der Waals surface area contributed by atoms with Crippen LogP contribution >= 0.6 is 12.2 Å². The quantitative estimate of drug-likeness (QED) is 0.509. The van der Waals surface area contributed by atoms with Crippen molar-refractivity contribution in [3.05, 3.63) is 26.4 Å². The van der Waals surface area contributed by atoms with Crippen LogP contribution in [-0.4, -0.2) is 21.0 Å². The lowest BCUT2D eigenvalue weighted by atomic mass is 10.1. The Balaban J connectivity index is 3.32. The van der Waals surface area contributed by atoms with E-state index in [-0.39, 0.29) is 23.3 Å². The van der Waals surface area contributed by atoms with E-state index in [0.29, 0.717) is 5.69 Å². The summed E-state index contributed by atoms with van der Waals surface area (Å²) in [5, 5.41) is 8.55. The fourth-order valence-corrected chi connectivity index (χ4v) is 1.29. The van der Waals surface area contributed by atoms with Crippen LogP contribution in [0.5, 0.6) is 0 Å². The number of aromatic amines is 2. The molecule has 76 valence electrons. The summed E-state index contributed by atoms with van der Waals surface area (Å²) >= 11 is 4.71. The Kier molecular flexibility index (Phi) is 3.15. The van der Waals surface area contributed by atoms with Gasteiger partial charge in [0.05, 0.1) is 6.42 Å². The predicted molar refractivity (Wildman–Crippen MR) is 51.5 cm³/mol. The Morgan fingerprint density at radius 2 is 2.14 bits per heavy atom. The molecule has 5 N–H and O–H groups in total. The van der Waals surface area contributed by atoms with Crippen molar-refractivity contribution >= 4 is 18.2 Å². The molecule has 0 aliphatic carbocycles. The van der Waals surface area contributed by atoms with Crippen molar-refractivity contribution in [3.63, 3.8) is 0 Å². The van der Waals surface area contributed by atoms with Crippen LogP contribution in [0.15, 0.2) is 4.79 Å². The van der Waals surface area contributed by atoms with Crippen molar-refractivity contribution < 1.29 is 9.90 Å². The van der Waals surface area contributed by atoms with Crippen LogP contribution in [0.3, 0.4) is 0 Å². The Morgan fingerprint density at radius 3 is 2.64 bits per heavy atom. The molecule has 7 heteroatoms. The third-order valence-corrected chi connectivity index (χ3v) is 1.87. The number of hydrogen-bond acceptors (Lipinski definition) is 4. The SMILES string of the molecule is NCc1[nH]c(=S)[nH]c(=O)c1CC(=O)O. The smallest absolute Gasteiger partial charge is 0.308 e. The number of carboxylic acids is 1. The number of hydrogen-bond donors (Lipinski definition) is 4. The normalized spacial score (nSPS) is 10.1. The van der Waals surface area contributed by atoms with Gasteiger partial charge in [-0.15, -0.1) is 0 Å². The highest BCUT2D eigenvalue weighted by atomic mass is 32.1. The molecule has 0 atom stereocenters. The lowest BCUT2D eigenvalue weighted by Gasteiger charge is -2.03. The van der Waals surface area contributed by atoms with Gasteiger partial charge in [0.2, 0.25) is 0 Å². The highest BCUT2D eigenvalue weighted by molar-refractivity contribution is 7.71. The number of aliphatic carboxylic acids is 1. The first-order chi connectivity index (χ1) is 6.54. The molecule has 0 saturated carbocycles. The van der Waals surface area contributed by atoms with Crippen molar-refractivity contribution in [1.82, 2.24) is 9.97 Å². The second-order valence-corrected chi connectivity index (χ2v) is 3.05. The number of nitrogens with one attached hydrogen (secondary N) is 2. The Morgan fingerprint density at radius 1 is 1.50 bits per heavy atom. The van der Waals surface area contributed by atoms with Crippen molar-refractivity contribution in [2.45, 2.75) is 13.0 Å². The van der Waals surface area contributed by atoms with E-state index in [2.05, 4.69) is 9.97 Å². The summed E-state index contributed by atoms with van der Waals surface area (Å²) in [4.78, 5) is 26.7. The van der Waals surface area contributed by atoms with Gasteiger partial charge in [0.25, 0.3) is 5.56 Å². The largest absolute Gasteiger partial charge is 0.481 e. The van der Waals surface area contributed by atoms with E-state index < -0.39 is 11.5 Å². The second-order valence-electron chi connectivity index (χ2n) is 2.64. The maximum atomic E-state index is 11.3. The number of aromatic nitrogens is 2. The molecule has 6 nitrogen and oxygen atoms in total. The van der Waals surface area contributed by atoms with Gasteiger partial charge < -0.3 is 15.8 Å². The number of H-pyrrole nitrogens is 2. The minimum Gasteiger partial charge on any atom is -0.481 e. The van der Waals surface area contributed by atoms with Gasteiger partial charge in [-0.05, 0) is 12.2 Å². The molecule has 0 spiro atoms. The van der Waals surface area contributed by atoms with Gasteiger partial charge in [0.15, 0.2) is 4.77 Å². The van der Waals surface area contributed by atoms with Gasteiger partial charge in [-0.3, -0.25) is 14.6 Å². The van der Waals surface area contributed by atoms with E-state index in [4.69, 9.17) is 23.1 Å². The monoisotopic (exact) mass is 215 g/mol. The van der Waals surface area contributed by atoms with Crippen LogP contribution < -0.4 is 11.3 Å². The van der Waals surface area contributed by atoms with E-state index in [1.807, 2.05) is 0 Å². The average molecular weight is 215 g/mol. The van der Waals surface area contributed by atoms with Gasteiger partial charge in [-0.2, -0.15) is 0 Å². The number of rotatable bonds is 3. The first kappa shape index (κ1) is 10.6. The maximum absolute atomic E-state index is 11.3. The van der Waals surface area contributed by atoms with E-state index >= 15 is 0 Å². The van der Waals surface area contributed by atoms with Crippen molar-refractivity contribution in [2.24, 2.45) is 5.73 Å². The summed E-state index contributed by atoms with van der Waals surface area (Å²) in [7, 11) is 0. The summed E-state index contributed by atoms with van der Waals surface area (Å²) in [6.07, 6.45) is -0.367. The van der Waals surface area contributed by atoms with Gasteiger partial charge in [-0.25, -0.2) is 0 Å². The van der Waals surface area contributed by atoms with E-state index in [1.54, 1.807) is 0 Å². The summed E-state index contributed by atoms with van der Waals surface area (Å²) in [5.74, 6) is -1.09. The number of carboxylic acid groups (broad SMARTS) is 1. The third kappa shape index (κ3) is 2.27. The fourth-order valence-electron chi connectivity index (χ4n) is 1.07. The molecule has 0 radical (unpaired) electrons. The molecular weight excluding hydrogens is 206 g/mol. The molecule has 0 fully saturated rings. The maximum Gasteiger partial charge on any atom is 0.308 e. The molecule has 0 saturated heterocycles. The topological polar surface area (TPSA) is 112 Å². The van der Waals surface area contributed by atoms with E-state index in [9.17, 15) is 9.59 Å². The second kappa shape index (κ2) is 4.16. The number of carbonyl (C=O) groups is 1. The summed E-state index contributed by atoms with van der Waals surface area (Å²) in [6.45, 7) is 0.0518. The van der Waals surface area contributed by atoms with Crippen LogP contribution in [0, 0.1) is 4.77 Å². The molecule has 1 heterocycles. The lowest BCUT2D eigenvalue weighted by Crippen LogP contribution is -2.22. The van der Waals surface area contributed by atoms with Gasteiger partial charge >= 0.3 is 5.97 Å². The fraction of sp³-hybridized carbons (Fsp3) is 0.286. The Hall–Kier alpha value is -1.47. The highest BCUT2D eigenvalue weighted by Gasteiger charge is 2.10. The molecule has 0 aromatic carbocycles. The average Bonchev–Trinajstić information content (AvgIpc) is 2.08. The molecule has 1 aromatic rings. The first-order valence-corrected chi connectivity index (χ1v) is 4.21. The van der Waals surface area contributed by atoms with Gasteiger partial charge in [0.1, 0.15) is 0 Å². The van der Waals surface area contributed by atoms with Crippen molar-refractivity contribution in [3.8, 4) is 0 Å². The Labute approximate surface area is 83.8 Å². The molecule has 14 heavy (non-hydrogen) atoms. The van der Waals surface area contributed by atoms with E-state index in [0.717, 1.165) is 0 Å². The standard InChI is InChI=1S/C7H9N3O3S/c8-2-4-3(1-5(11)12)6(13)10-7(14)9-4/h1-2,8H2,(H,11,12)(H2,9,10,13,14). The summed E-state index contributed by atoms with van der Waals surface area (Å²) < 4.78 is 0.143. The molecule has 1 aromatic heterocycles. The van der Waals surface area contributed by atoms with Crippen LogP contribution in [0.1, 0.15) is 11.3 Å². The lowest BCUT2D eigenvalue weighted by molar-refractivity contribution is -0.136. The zero-order valence-corrected chi connectivity index (χ0v) is 7.98. The van der Waals surface area contributed by atoms with Gasteiger partial charge in [0, 0.05) is 17.8 Å². The van der Waals surface area contributed by atoms with Crippen LogP contribution in [0.4, 0.5) is 0 Å². The molecule has 0 amide bonds. The van der Waals surface area contributed by atoms with Gasteiger partial charge in [-0.1, -0.05) is 0 Å². The molecule has 0 aliphatic heterocycles. The zero-order chi connectivity index (χ0) is 10.7. The van der Waals surface area contributed by atoms with E-state index in [1.165, 1.54) is 0 Å². The summed E-state index contributed by atoms with van der Waals surface area (Å²) in [6, 6.07) is 0. The summed E-state index contributed by atoms with van der Waals surface area (Å²) in [5.41, 5.74) is 5.32. The number of nitrogens with two attached hydrogens (primary N) is 1. The Bertz CT molecular complexity index is 462. The highest BCUT2D eigenvalue weighted by Crippen LogP contribution is 1.99.